The first-order chi connectivity index (χ1) is 8.66. The van der Waals surface area contributed by atoms with Crippen molar-refractivity contribution >= 4 is 5.97 Å². The van der Waals surface area contributed by atoms with E-state index in [1.54, 1.807) is 24.4 Å². The number of para-hydroxylation sites is 1. The molecule has 0 spiro atoms. The van der Waals surface area contributed by atoms with E-state index in [2.05, 4.69) is 4.98 Å². The van der Waals surface area contributed by atoms with Gasteiger partial charge in [0.05, 0.1) is 6.42 Å². The molecule has 0 aliphatic rings. The van der Waals surface area contributed by atoms with Gasteiger partial charge >= 0.3 is 5.97 Å². The Morgan fingerprint density at radius 1 is 1.44 bits per heavy atom. The molecule has 1 aromatic heterocycles. The van der Waals surface area contributed by atoms with Gasteiger partial charge in [0.1, 0.15) is 18.2 Å². The molecule has 2 rings (SSSR count). The van der Waals surface area contributed by atoms with Crippen LogP contribution in [0.1, 0.15) is 11.4 Å². The maximum atomic E-state index is 10.7. The molecule has 18 heavy (non-hydrogen) atoms. The molecular weight excluding hydrogens is 232 g/mol. The van der Waals surface area contributed by atoms with E-state index >= 15 is 0 Å². The summed E-state index contributed by atoms with van der Waals surface area (Å²) >= 11 is 0. The number of aromatic nitrogens is 2. The van der Waals surface area contributed by atoms with Gasteiger partial charge in [-0.15, -0.1) is 0 Å². The van der Waals surface area contributed by atoms with Crippen LogP contribution in [-0.4, -0.2) is 20.6 Å². The third-order valence-corrected chi connectivity index (χ3v) is 2.59. The van der Waals surface area contributed by atoms with E-state index in [0.717, 1.165) is 5.82 Å². The second-order valence-electron chi connectivity index (χ2n) is 3.92. The lowest BCUT2D eigenvalue weighted by molar-refractivity contribution is -0.136. The van der Waals surface area contributed by atoms with Crippen LogP contribution < -0.4 is 4.74 Å². The molecule has 5 nitrogen and oxygen atoms in total. The van der Waals surface area contributed by atoms with E-state index in [1.807, 2.05) is 23.9 Å². The largest absolute Gasteiger partial charge is 0.485 e. The fraction of sp³-hybridized carbons (Fsp3) is 0.231. The monoisotopic (exact) mass is 246 g/mol. The minimum atomic E-state index is -0.872. The van der Waals surface area contributed by atoms with Crippen LogP contribution in [0, 0.1) is 0 Å². The van der Waals surface area contributed by atoms with E-state index in [4.69, 9.17) is 9.84 Å². The topological polar surface area (TPSA) is 64.4 Å². The molecule has 1 aromatic carbocycles. The molecule has 2 aromatic rings. The summed E-state index contributed by atoms with van der Waals surface area (Å²) in [5.74, 6) is 0.506. The number of hydrogen-bond donors (Lipinski definition) is 1. The third-order valence-electron chi connectivity index (χ3n) is 2.59. The van der Waals surface area contributed by atoms with Crippen molar-refractivity contribution in [1.82, 2.24) is 9.55 Å². The summed E-state index contributed by atoms with van der Waals surface area (Å²) in [6.45, 7) is 0.320. The molecule has 0 saturated carbocycles. The van der Waals surface area contributed by atoms with Crippen LogP contribution >= 0.6 is 0 Å². The molecular formula is C13H14N2O3. The molecule has 0 saturated heterocycles. The van der Waals surface area contributed by atoms with E-state index in [-0.39, 0.29) is 6.42 Å². The molecule has 1 heterocycles. The Labute approximate surface area is 105 Å². The maximum Gasteiger partial charge on any atom is 0.307 e. The molecule has 0 aliphatic carbocycles. The molecule has 0 unspecified atom stereocenters. The molecule has 0 bridgehead atoms. The molecule has 94 valence electrons. The van der Waals surface area contributed by atoms with Crippen molar-refractivity contribution < 1.29 is 14.6 Å². The van der Waals surface area contributed by atoms with Gasteiger partial charge in [-0.25, -0.2) is 4.98 Å². The second kappa shape index (κ2) is 5.35. The zero-order valence-corrected chi connectivity index (χ0v) is 10.0. The summed E-state index contributed by atoms with van der Waals surface area (Å²) in [7, 11) is 1.88. The van der Waals surface area contributed by atoms with Crippen molar-refractivity contribution in [2.75, 3.05) is 0 Å². The number of aliphatic carboxylic acids is 1. The minimum absolute atomic E-state index is 0.0449. The molecule has 0 radical (unpaired) electrons. The Balaban J connectivity index is 2.09. The highest BCUT2D eigenvalue weighted by atomic mass is 16.5. The van der Waals surface area contributed by atoms with Gasteiger partial charge in [-0.1, -0.05) is 18.2 Å². The molecule has 5 heteroatoms. The molecule has 1 N–H and O–H groups in total. The summed E-state index contributed by atoms with van der Waals surface area (Å²) in [5, 5.41) is 8.82. The zero-order chi connectivity index (χ0) is 13.0. The fourth-order valence-corrected chi connectivity index (χ4v) is 1.63. The predicted molar refractivity (Wildman–Crippen MR) is 65.3 cm³/mol. The standard InChI is InChI=1S/C13H14N2O3/c1-15-7-6-14-12(15)9-18-11-5-3-2-4-10(11)8-13(16)17/h2-7H,8-9H2,1H3,(H,16,17). The van der Waals surface area contributed by atoms with Crippen molar-refractivity contribution in [2.24, 2.45) is 7.05 Å². The highest BCUT2D eigenvalue weighted by molar-refractivity contribution is 5.71. The number of ether oxygens (including phenoxy) is 1. The zero-order valence-electron chi connectivity index (χ0n) is 10.0. The SMILES string of the molecule is Cn1ccnc1COc1ccccc1CC(=O)O. The number of aryl methyl sites for hydroxylation is 1. The maximum absolute atomic E-state index is 10.7. The van der Waals surface area contributed by atoms with Gasteiger partial charge in [-0.05, 0) is 6.07 Å². The van der Waals surface area contributed by atoms with Crippen LogP contribution in [-0.2, 0) is 24.9 Å². The highest BCUT2D eigenvalue weighted by Crippen LogP contribution is 2.19. The summed E-state index contributed by atoms with van der Waals surface area (Å²) in [6, 6.07) is 7.13. The summed E-state index contributed by atoms with van der Waals surface area (Å²) in [6.07, 6.45) is 3.49. The predicted octanol–water partition coefficient (Wildman–Crippen LogP) is 1.63. The second-order valence-corrected chi connectivity index (χ2v) is 3.92. The first-order valence-corrected chi connectivity index (χ1v) is 5.55. The van der Waals surface area contributed by atoms with Crippen LogP contribution in [0.5, 0.6) is 5.75 Å². The number of rotatable bonds is 5. The molecule has 0 fully saturated rings. The van der Waals surface area contributed by atoms with Gasteiger partial charge in [0.2, 0.25) is 0 Å². The Kier molecular flexibility index (Phi) is 3.62. The van der Waals surface area contributed by atoms with Crippen LogP contribution in [0.3, 0.4) is 0 Å². The number of carboxylic acid groups (broad SMARTS) is 1. The first-order valence-electron chi connectivity index (χ1n) is 5.55. The van der Waals surface area contributed by atoms with Crippen LogP contribution in [0.15, 0.2) is 36.7 Å². The summed E-state index contributed by atoms with van der Waals surface area (Å²) < 4.78 is 7.48. The quantitative estimate of drug-likeness (QED) is 0.870. The normalized spacial score (nSPS) is 10.3. The third kappa shape index (κ3) is 2.88. The Bertz CT molecular complexity index is 549. The number of imidazole rings is 1. The minimum Gasteiger partial charge on any atom is -0.485 e. The lowest BCUT2D eigenvalue weighted by atomic mass is 10.1. The van der Waals surface area contributed by atoms with E-state index in [1.165, 1.54) is 0 Å². The molecule has 0 amide bonds. The Hall–Kier alpha value is -2.30. The molecule has 0 aliphatic heterocycles. The van der Waals surface area contributed by atoms with E-state index in [0.29, 0.717) is 17.9 Å². The van der Waals surface area contributed by atoms with Gasteiger partial charge in [0, 0.05) is 25.0 Å². The van der Waals surface area contributed by atoms with Crippen molar-refractivity contribution in [3.63, 3.8) is 0 Å². The number of carboxylic acids is 1. The number of nitrogens with zero attached hydrogens (tertiary/aromatic N) is 2. The Morgan fingerprint density at radius 2 is 2.22 bits per heavy atom. The van der Waals surface area contributed by atoms with Crippen LogP contribution in [0.2, 0.25) is 0 Å². The van der Waals surface area contributed by atoms with E-state index < -0.39 is 5.97 Å². The number of carbonyl (C=O) groups is 1. The van der Waals surface area contributed by atoms with Crippen LogP contribution in [0.4, 0.5) is 0 Å². The Morgan fingerprint density at radius 3 is 2.89 bits per heavy atom. The van der Waals surface area contributed by atoms with Crippen molar-refractivity contribution in [2.45, 2.75) is 13.0 Å². The lowest BCUT2D eigenvalue weighted by Gasteiger charge is -2.10. The van der Waals surface area contributed by atoms with Gasteiger partial charge in [0.25, 0.3) is 0 Å². The summed E-state index contributed by atoms with van der Waals surface area (Å²) in [5.41, 5.74) is 0.666. The number of hydrogen-bond acceptors (Lipinski definition) is 3. The van der Waals surface area contributed by atoms with Gasteiger partial charge in [-0.2, -0.15) is 0 Å². The van der Waals surface area contributed by atoms with Gasteiger partial charge < -0.3 is 14.4 Å². The smallest absolute Gasteiger partial charge is 0.307 e. The summed E-state index contributed by atoms with van der Waals surface area (Å²) in [4.78, 5) is 14.9. The van der Waals surface area contributed by atoms with Gasteiger partial charge in [-0.3, -0.25) is 4.79 Å². The van der Waals surface area contributed by atoms with Crippen LogP contribution in [0.25, 0.3) is 0 Å². The van der Waals surface area contributed by atoms with Crippen molar-refractivity contribution in [3.05, 3.63) is 48.0 Å². The average Bonchev–Trinajstić information content (AvgIpc) is 2.73. The average molecular weight is 246 g/mol. The lowest BCUT2D eigenvalue weighted by Crippen LogP contribution is -2.06. The van der Waals surface area contributed by atoms with Crippen molar-refractivity contribution in [3.8, 4) is 5.75 Å². The van der Waals surface area contributed by atoms with Gasteiger partial charge in [0.15, 0.2) is 0 Å². The highest BCUT2D eigenvalue weighted by Gasteiger charge is 2.08. The number of benzene rings is 1. The first kappa shape index (κ1) is 12.2. The molecule has 0 atom stereocenters. The fourth-order valence-electron chi connectivity index (χ4n) is 1.63. The van der Waals surface area contributed by atoms with E-state index in [9.17, 15) is 4.79 Å². The van der Waals surface area contributed by atoms with Crippen molar-refractivity contribution in [1.29, 1.82) is 0 Å².